The van der Waals surface area contributed by atoms with Gasteiger partial charge >= 0.3 is 0 Å². The second-order valence-corrected chi connectivity index (χ2v) is 4.83. The van der Waals surface area contributed by atoms with Crippen molar-refractivity contribution in [3.63, 3.8) is 0 Å². The third-order valence-electron chi connectivity index (χ3n) is 3.40. The van der Waals surface area contributed by atoms with E-state index in [0.29, 0.717) is 12.6 Å². The van der Waals surface area contributed by atoms with Crippen molar-refractivity contribution in [3.8, 4) is 0 Å². The Hall–Kier alpha value is -0.870. The van der Waals surface area contributed by atoms with Crippen LogP contribution in [0.3, 0.4) is 0 Å². The van der Waals surface area contributed by atoms with Crippen LogP contribution in [0.5, 0.6) is 0 Å². The molecule has 0 radical (unpaired) electrons. The van der Waals surface area contributed by atoms with Crippen LogP contribution in [-0.2, 0) is 11.3 Å². The molecule has 0 saturated heterocycles. The summed E-state index contributed by atoms with van der Waals surface area (Å²) < 4.78 is 7.19. The Morgan fingerprint density at radius 2 is 2.22 bits per heavy atom. The van der Waals surface area contributed by atoms with Crippen molar-refractivity contribution >= 4 is 0 Å². The molecule has 0 aromatic carbocycles. The Morgan fingerprint density at radius 3 is 2.83 bits per heavy atom. The van der Waals surface area contributed by atoms with Crippen molar-refractivity contribution in [1.82, 2.24) is 15.1 Å². The van der Waals surface area contributed by atoms with Gasteiger partial charge in [-0.15, -0.1) is 0 Å². The molecule has 18 heavy (non-hydrogen) atoms. The van der Waals surface area contributed by atoms with Crippen LogP contribution in [0.15, 0.2) is 12.3 Å². The zero-order chi connectivity index (χ0) is 13.4. The molecular weight excluding hydrogens is 226 g/mol. The summed E-state index contributed by atoms with van der Waals surface area (Å²) in [7, 11) is 1.73. The zero-order valence-electron chi connectivity index (χ0n) is 12.1. The van der Waals surface area contributed by atoms with Gasteiger partial charge in [0, 0.05) is 19.3 Å². The van der Waals surface area contributed by atoms with E-state index in [9.17, 15) is 0 Å². The molecule has 0 saturated carbocycles. The first-order chi connectivity index (χ1) is 8.72. The van der Waals surface area contributed by atoms with Gasteiger partial charge in [-0.2, -0.15) is 5.10 Å². The molecule has 1 aromatic rings. The molecule has 0 fully saturated rings. The van der Waals surface area contributed by atoms with Crippen LogP contribution in [-0.4, -0.2) is 30.0 Å². The Morgan fingerprint density at radius 1 is 1.44 bits per heavy atom. The fraction of sp³-hybridized carbons (Fsp3) is 0.786. The molecule has 0 amide bonds. The fourth-order valence-corrected chi connectivity index (χ4v) is 2.13. The van der Waals surface area contributed by atoms with Crippen LogP contribution in [0.1, 0.15) is 45.3 Å². The van der Waals surface area contributed by atoms with E-state index < -0.39 is 0 Å². The van der Waals surface area contributed by atoms with E-state index in [1.165, 1.54) is 12.1 Å². The molecule has 0 aliphatic heterocycles. The minimum Gasteiger partial charge on any atom is -0.383 e. The van der Waals surface area contributed by atoms with Crippen LogP contribution in [0.2, 0.25) is 0 Å². The van der Waals surface area contributed by atoms with Gasteiger partial charge in [-0.3, -0.25) is 4.68 Å². The number of nitrogens with one attached hydrogen (secondary N) is 1. The number of hydrogen-bond acceptors (Lipinski definition) is 3. The summed E-state index contributed by atoms with van der Waals surface area (Å²) in [6, 6.07) is 2.51. The third-order valence-corrected chi connectivity index (χ3v) is 3.40. The molecule has 1 N–H and O–H groups in total. The standard InChI is InChI=1S/C14H27N3O/c1-5-12(3)11-13(15-6-2)14-7-8-16-17(14)9-10-18-4/h7-8,12-13,15H,5-6,9-11H2,1-4H3. The van der Waals surface area contributed by atoms with Gasteiger partial charge in [0.15, 0.2) is 0 Å². The van der Waals surface area contributed by atoms with E-state index in [2.05, 4.69) is 41.9 Å². The summed E-state index contributed by atoms with van der Waals surface area (Å²) in [5.74, 6) is 0.722. The quantitative estimate of drug-likeness (QED) is 0.735. The fourth-order valence-electron chi connectivity index (χ4n) is 2.13. The van der Waals surface area contributed by atoms with Crippen LogP contribution in [0.4, 0.5) is 0 Å². The summed E-state index contributed by atoms with van der Waals surface area (Å²) in [5.41, 5.74) is 1.27. The molecule has 0 aliphatic carbocycles. The van der Waals surface area contributed by atoms with Gasteiger partial charge in [0.1, 0.15) is 0 Å². The smallest absolute Gasteiger partial charge is 0.0659 e. The normalized spacial score (nSPS) is 14.7. The predicted molar refractivity (Wildman–Crippen MR) is 74.6 cm³/mol. The molecule has 2 unspecified atom stereocenters. The Balaban J connectivity index is 2.74. The highest BCUT2D eigenvalue weighted by molar-refractivity contribution is 5.07. The SMILES string of the molecule is CCNC(CC(C)CC)c1ccnn1CCOC. The minimum absolute atomic E-state index is 0.393. The number of rotatable bonds is 9. The average molecular weight is 253 g/mol. The second-order valence-electron chi connectivity index (χ2n) is 4.83. The molecular formula is C14H27N3O. The highest BCUT2D eigenvalue weighted by atomic mass is 16.5. The molecule has 0 spiro atoms. The van der Waals surface area contributed by atoms with E-state index in [-0.39, 0.29) is 0 Å². The maximum atomic E-state index is 5.13. The summed E-state index contributed by atoms with van der Waals surface area (Å²) in [6.45, 7) is 9.21. The van der Waals surface area contributed by atoms with Crippen LogP contribution in [0, 0.1) is 5.92 Å². The van der Waals surface area contributed by atoms with Gasteiger partial charge in [-0.1, -0.05) is 27.2 Å². The van der Waals surface area contributed by atoms with Gasteiger partial charge in [-0.25, -0.2) is 0 Å². The molecule has 0 bridgehead atoms. The number of ether oxygens (including phenoxy) is 1. The average Bonchev–Trinajstić information content (AvgIpc) is 2.83. The van der Waals surface area contributed by atoms with Crippen molar-refractivity contribution < 1.29 is 4.74 Å². The highest BCUT2D eigenvalue weighted by Gasteiger charge is 2.17. The minimum atomic E-state index is 0.393. The highest BCUT2D eigenvalue weighted by Crippen LogP contribution is 2.22. The van der Waals surface area contributed by atoms with Gasteiger partial charge in [0.2, 0.25) is 0 Å². The molecule has 4 nitrogen and oxygen atoms in total. The number of nitrogens with zero attached hydrogens (tertiary/aromatic N) is 2. The molecule has 104 valence electrons. The van der Waals surface area contributed by atoms with Crippen LogP contribution in [0.25, 0.3) is 0 Å². The van der Waals surface area contributed by atoms with Crippen LogP contribution < -0.4 is 5.32 Å². The first-order valence-corrected chi connectivity index (χ1v) is 6.96. The summed E-state index contributed by atoms with van der Waals surface area (Å²) in [4.78, 5) is 0. The number of aromatic nitrogens is 2. The molecule has 1 rings (SSSR count). The lowest BCUT2D eigenvalue weighted by atomic mass is 9.97. The monoisotopic (exact) mass is 253 g/mol. The van der Waals surface area contributed by atoms with E-state index >= 15 is 0 Å². The Kier molecular flexibility index (Phi) is 6.98. The zero-order valence-corrected chi connectivity index (χ0v) is 12.1. The third kappa shape index (κ3) is 4.42. The number of hydrogen-bond donors (Lipinski definition) is 1. The molecule has 1 heterocycles. The Labute approximate surface area is 111 Å². The predicted octanol–water partition coefficient (Wildman–Crippen LogP) is 2.62. The van der Waals surface area contributed by atoms with E-state index in [0.717, 1.165) is 25.4 Å². The molecule has 0 aliphatic rings. The van der Waals surface area contributed by atoms with Crippen molar-refractivity contribution in [1.29, 1.82) is 0 Å². The summed E-state index contributed by atoms with van der Waals surface area (Å²) in [6.07, 6.45) is 4.25. The topological polar surface area (TPSA) is 39.1 Å². The van der Waals surface area contributed by atoms with E-state index in [4.69, 9.17) is 4.74 Å². The summed E-state index contributed by atoms with van der Waals surface area (Å²) >= 11 is 0. The van der Waals surface area contributed by atoms with E-state index in [1.54, 1.807) is 7.11 Å². The van der Waals surface area contributed by atoms with Crippen LogP contribution >= 0.6 is 0 Å². The summed E-state index contributed by atoms with van der Waals surface area (Å²) in [5, 5.41) is 7.95. The van der Waals surface area contributed by atoms with Gasteiger partial charge in [0.05, 0.1) is 18.8 Å². The molecule has 1 aromatic heterocycles. The van der Waals surface area contributed by atoms with Gasteiger partial charge in [0.25, 0.3) is 0 Å². The molecule has 2 atom stereocenters. The lowest BCUT2D eigenvalue weighted by Crippen LogP contribution is -2.26. The van der Waals surface area contributed by atoms with Crippen molar-refractivity contribution in [2.45, 2.75) is 46.2 Å². The number of methoxy groups -OCH3 is 1. The van der Waals surface area contributed by atoms with Crippen molar-refractivity contribution in [2.75, 3.05) is 20.3 Å². The second kappa shape index (κ2) is 8.27. The maximum absolute atomic E-state index is 5.13. The first kappa shape index (κ1) is 15.2. The largest absolute Gasteiger partial charge is 0.383 e. The van der Waals surface area contributed by atoms with Crippen molar-refractivity contribution in [3.05, 3.63) is 18.0 Å². The molecule has 4 heteroatoms. The Bertz CT molecular complexity index is 325. The van der Waals surface area contributed by atoms with Gasteiger partial charge in [-0.05, 0) is 24.9 Å². The van der Waals surface area contributed by atoms with E-state index in [1.807, 2.05) is 6.20 Å². The van der Waals surface area contributed by atoms with Gasteiger partial charge < -0.3 is 10.1 Å². The lowest BCUT2D eigenvalue weighted by molar-refractivity contribution is 0.181. The maximum Gasteiger partial charge on any atom is 0.0659 e. The first-order valence-electron chi connectivity index (χ1n) is 6.96. The lowest BCUT2D eigenvalue weighted by Gasteiger charge is -2.22. The van der Waals surface area contributed by atoms with Crippen molar-refractivity contribution in [2.24, 2.45) is 5.92 Å².